The molecule has 0 radical (unpaired) electrons. The van der Waals surface area contributed by atoms with Crippen LogP contribution in [0.1, 0.15) is 46.5 Å². The molecule has 0 aromatic rings. The second kappa shape index (κ2) is 6.79. The maximum atomic E-state index is 16.9. The molecule has 0 heterocycles. The van der Waals surface area contributed by atoms with Crippen molar-refractivity contribution in [3.63, 3.8) is 0 Å². The average Bonchev–Trinajstić information content (AvgIpc) is 2.95. The van der Waals surface area contributed by atoms with Gasteiger partial charge in [-0.3, -0.25) is 9.59 Å². The Bertz CT molecular complexity index is 872. The molecule has 166 valence electrons. The van der Waals surface area contributed by atoms with Gasteiger partial charge in [-0.15, -0.1) is 0 Å². The minimum absolute atomic E-state index is 0.0364. The number of thioether (sulfide) groups is 1. The molecule has 5 nitrogen and oxygen atoms in total. The smallest absolute Gasteiger partial charge is 0.214 e. The Kier molecular flexibility index (Phi) is 4.94. The normalized spacial score (nSPS) is 48.0. The lowest BCUT2D eigenvalue weighted by Crippen LogP contribution is -2.65. The van der Waals surface area contributed by atoms with E-state index in [9.17, 15) is 24.9 Å². The van der Waals surface area contributed by atoms with Gasteiger partial charge in [-0.05, 0) is 61.5 Å². The summed E-state index contributed by atoms with van der Waals surface area (Å²) in [4.78, 5) is 25.7. The molecule has 4 aliphatic carbocycles. The van der Waals surface area contributed by atoms with Crippen LogP contribution in [0.4, 0.5) is 8.78 Å². The van der Waals surface area contributed by atoms with Gasteiger partial charge in [-0.2, -0.15) is 0 Å². The number of halogens is 2. The van der Waals surface area contributed by atoms with Gasteiger partial charge in [0.05, 0.1) is 11.4 Å². The van der Waals surface area contributed by atoms with Gasteiger partial charge in [0.2, 0.25) is 11.5 Å². The van der Waals surface area contributed by atoms with E-state index in [0.29, 0.717) is 12.8 Å². The number of hydrogen-bond donors (Lipinski definition) is 3. The summed E-state index contributed by atoms with van der Waals surface area (Å²) in [7, 11) is 0. The molecule has 0 aliphatic heterocycles. The Labute approximate surface area is 178 Å². The van der Waals surface area contributed by atoms with Crippen molar-refractivity contribution in [1.29, 1.82) is 0 Å². The molecule has 0 bridgehead atoms. The first-order valence-electron chi connectivity index (χ1n) is 10.4. The molecular weight excluding hydrogens is 414 g/mol. The fraction of sp³-hybridized carbons (Fsp3) is 0.727. The number of fused-ring (bicyclic) bond motifs is 5. The standard InChI is InChI=1S/C22H28F2O5S/c1-10-6-11-12-7-14(23)13-8-15(26)17(27)18(28)21(13,3)22(12,24)5-4-20(11,2)16(10)19(29)30-9-25/h8,10-12,14,16,25-27H,4-7,9H2,1-3H3/t10-,11+,12+,14+,16-,20+,21-,22-/m1/s1. The fourth-order valence-corrected chi connectivity index (χ4v) is 8.07. The van der Waals surface area contributed by atoms with Crippen LogP contribution in [0.2, 0.25) is 0 Å². The highest BCUT2D eigenvalue weighted by molar-refractivity contribution is 8.13. The second-order valence-corrected chi connectivity index (χ2v) is 10.8. The van der Waals surface area contributed by atoms with Crippen LogP contribution < -0.4 is 0 Å². The lowest BCUT2D eigenvalue weighted by atomic mass is 9.45. The average molecular weight is 443 g/mol. The lowest BCUT2D eigenvalue weighted by molar-refractivity contribution is -0.168. The van der Waals surface area contributed by atoms with Crippen LogP contribution >= 0.6 is 11.8 Å². The van der Waals surface area contributed by atoms with E-state index in [2.05, 4.69) is 0 Å². The van der Waals surface area contributed by atoms with Gasteiger partial charge in [-0.25, -0.2) is 8.78 Å². The molecule has 4 aliphatic rings. The number of carbonyl (C=O) groups is 2. The van der Waals surface area contributed by atoms with Crippen molar-refractivity contribution in [2.45, 2.75) is 58.3 Å². The van der Waals surface area contributed by atoms with Gasteiger partial charge in [0.15, 0.2) is 10.9 Å². The number of carbonyl (C=O) groups excluding carboxylic acids is 2. The first-order valence-corrected chi connectivity index (χ1v) is 11.4. The van der Waals surface area contributed by atoms with Crippen molar-refractivity contribution in [3.8, 4) is 0 Å². The summed E-state index contributed by atoms with van der Waals surface area (Å²) in [5.41, 5.74) is -4.63. The van der Waals surface area contributed by atoms with Gasteiger partial charge < -0.3 is 15.3 Å². The molecule has 3 fully saturated rings. The lowest BCUT2D eigenvalue weighted by Gasteiger charge is -2.60. The van der Waals surface area contributed by atoms with Crippen LogP contribution in [0.25, 0.3) is 0 Å². The first kappa shape index (κ1) is 21.8. The minimum Gasteiger partial charge on any atom is -0.504 e. The zero-order valence-corrected chi connectivity index (χ0v) is 18.1. The van der Waals surface area contributed by atoms with Gasteiger partial charge in [0, 0.05) is 11.8 Å². The third-order valence-corrected chi connectivity index (χ3v) is 9.39. The summed E-state index contributed by atoms with van der Waals surface area (Å²) in [5, 5.41) is 29.0. The van der Waals surface area contributed by atoms with Crippen LogP contribution in [-0.4, -0.2) is 44.0 Å². The Morgan fingerprint density at radius 3 is 2.53 bits per heavy atom. The largest absolute Gasteiger partial charge is 0.504 e. The second-order valence-electron chi connectivity index (χ2n) is 9.86. The zero-order valence-electron chi connectivity index (χ0n) is 17.3. The molecule has 0 unspecified atom stereocenters. The molecule has 3 N–H and O–H groups in total. The zero-order chi connectivity index (χ0) is 22.2. The van der Waals surface area contributed by atoms with E-state index in [1.165, 1.54) is 6.92 Å². The van der Waals surface area contributed by atoms with Gasteiger partial charge in [-0.1, -0.05) is 25.6 Å². The third-order valence-electron chi connectivity index (χ3n) is 8.72. The van der Waals surface area contributed by atoms with Crippen LogP contribution in [0.5, 0.6) is 0 Å². The van der Waals surface area contributed by atoms with Crippen molar-refractivity contribution in [2.24, 2.45) is 34.5 Å². The number of alkyl halides is 2. The van der Waals surface area contributed by atoms with Crippen molar-refractivity contribution >= 4 is 22.7 Å². The van der Waals surface area contributed by atoms with Crippen molar-refractivity contribution in [1.82, 2.24) is 0 Å². The molecule has 0 aromatic carbocycles. The number of hydrogen-bond acceptors (Lipinski definition) is 6. The quantitative estimate of drug-likeness (QED) is 0.556. The van der Waals surface area contributed by atoms with Gasteiger partial charge in [0.1, 0.15) is 11.8 Å². The van der Waals surface area contributed by atoms with Crippen LogP contribution in [0.3, 0.4) is 0 Å². The van der Waals surface area contributed by atoms with E-state index >= 15 is 8.78 Å². The van der Waals surface area contributed by atoms with E-state index in [1.54, 1.807) is 0 Å². The topological polar surface area (TPSA) is 94.8 Å². The Balaban J connectivity index is 1.79. The summed E-state index contributed by atoms with van der Waals surface area (Å²) in [6, 6.07) is 0. The molecule has 8 heteroatoms. The predicted molar refractivity (Wildman–Crippen MR) is 108 cm³/mol. The fourth-order valence-electron chi connectivity index (χ4n) is 7.26. The predicted octanol–water partition coefficient (Wildman–Crippen LogP) is 4.18. The molecule has 0 spiro atoms. The van der Waals surface area contributed by atoms with E-state index in [-0.39, 0.29) is 47.2 Å². The van der Waals surface area contributed by atoms with E-state index in [1.807, 2.05) is 13.8 Å². The molecule has 0 saturated heterocycles. The maximum absolute atomic E-state index is 16.9. The molecule has 0 aromatic heterocycles. The Morgan fingerprint density at radius 1 is 1.23 bits per heavy atom. The van der Waals surface area contributed by atoms with Crippen LogP contribution in [0.15, 0.2) is 23.2 Å². The molecule has 3 saturated carbocycles. The minimum atomic E-state index is -2.08. The number of aliphatic hydroxyl groups is 3. The highest BCUT2D eigenvalue weighted by Gasteiger charge is 2.72. The summed E-state index contributed by atoms with van der Waals surface area (Å²) in [6.07, 6.45) is 0.112. The number of allylic oxidation sites excluding steroid dienone is 3. The van der Waals surface area contributed by atoms with Crippen molar-refractivity contribution in [3.05, 3.63) is 23.2 Å². The monoisotopic (exact) mass is 442 g/mol. The molecule has 8 atom stereocenters. The summed E-state index contributed by atoms with van der Waals surface area (Å²) >= 11 is 0.853. The highest BCUT2D eigenvalue weighted by atomic mass is 32.2. The summed E-state index contributed by atoms with van der Waals surface area (Å²) in [6.45, 7) is 5.23. The number of Topliss-reactive ketones (excluding diaryl/α,β-unsaturated/α-hetero) is 1. The number of aliphatic hydroxyl groups excluding tert-OH is 3. The maximum Gasteiger partial charge on any atom is 0.214 e. The van der Waals surface area contributed by atoms with Crippen LogP contribution in [-0.2, 0) is 9.59 Å². The SMILES string of the molecule is C[C@@H]1C[C@H]2[C@@H]3C[C@H](F)C4=CC(O)=C(O)C(=O)[C@]4(C)[C@@]3(F)CC[C@]2(C)[C@H]1C(=O)SCO. The van der Waals surface area contributed by atoms with Crippen LogP contribution in [0, 0.1) is 34.5 Å². The molecule has 4 rings (SSSR count). The van der Waals surface area contributed by atoms with Gasteiger partial charge >= 0.3 is 0 Å². The summed E-state index contributed by atoms with van der Waals surface area (Å²) < 4.78 is 32.2. The molecule has 30 heavy (non-hydrogen) atoms. The molecule has 0 amide bonds. The van der Waals surface area contributed by atoms with E-state index in [4.69, 9.17) is 0 Å². The van der Waals surface area contributed by atoms with E-state index < -0.39 is 45.9 Å². The number of ketones is 1. The van der Waals surface area contributed by atoms with Crippen molar-refractivity contribution < 1.29 is 33.7 Å². The van der Waals surface area contributed by atoms with Crippen molar-refractivity contribution in [2.75, 3.05) is 5.94 Å². The molecular formula is C22H28F2O5S. The highest BCUT2D eigenvalue weighted by Crippen LogP contribution is 2.70. The Hall–Kier alpha value is -1.41. The third kappa shape index (κ3) is 2.49. The first-order chi connectivity index (χ1) is 13.9. The Morgan fingerprint density at radius 2 is 1.90 bits per heavy atom. The van der Waals surface area contributed by atoms with Gasteiger partial charge in [0.25, 0.3) is 0 Å². The van der Waals surface area contributed by atoms with E-state index in [0.717, 1.165) is 17.8 Å². The number of rotatable bonds is 2. The summed E-state index contributed by atoms with van der Waals surface area (Å²) in [5.74, 6) is -4.45.